The van der Waals surface area contributed by atoms with E-state index in [1.165, 1.54) is 11.3 Å². The van der Waals surface area contributed by atoms with Gasteiger partial charge in [-0.25, -0.2) is 0 Å². The van der Waals surface area contributed by atoms with E-state index in [1.54, 1.807) is 11.4 Å². The Bertz CT molecular complexity index is 459. The van der Waals surface area contributed by atoms with E-state index in [-0.39, 0.29) is 18.4 Å². The zero-order chi connectivity index (χ0) is 15.1. The highest BCUT2D eigenvalue weighted by Crippen LogP contribution is 2.19. The van der Waals surface area contributed by atoms with Gasteiger partial charge in [0.2, 0.25) is 5.91 Å². The summed E-state index contributed by atoms with van der Waals surface area (Å²) in [6.07, 6.45) is 3.18. The highest BCUT2D eigenvalue weighted by molar-refractivity contribution is 7.08. The fourth-order valence-electron chi connectivity index (χ4n) is 2.65. The number of carbonyl (C=O) groups excluding carboxylic acids is 2. The number of nitrogens with one attached hydrogen (secondary N) is 1. The minimum atomic E-state index is -0.124. The normalized spacial score (nSPS) is 18.5. The molecule has 0 spiro atoms. The Labute approximate surface area is 129 Å². The van der Waals surface area contributed by atoms with Crippen molar-refractivity contribution in [3.8, 4) is 0 Å². The fourth-order valence-corrected chi connectivity index (χ4v) is 3.28. The lowest BCUT2D eigenvalue weighted by atomic mass is 9.95. The molecule has 0 radical (unpaired) electrons. The standard InChI is InChI=1S/C15H22N2O3S/c18-8-4-12-2-1-7-17(10-12)14(19)3-6-16-15(20)13-5-9-21-11-13/h5,9,11-12,18H,1-4,6-8,10H2,(H,16,20). The van der Waals surface area contributed by atoms with Gasteiger partial charge in [0.05, 0.1) is 0 Å². The van der Waals surface area contributed by atoms with Gasteiger partial charge < -0.3 is 15.3 Å². The van der Waals surface area contributed by atoms with Crippen LogP contribution < -0.4 is 5.32 Å². The van der Waals surface area contributed by atoms with Crippen molar-refractivity contribution >= 4 is 23.2 Å². The van der Waals surface area contributed by atoms with Crippen molar-refractivity contribution in [2.45, 2.75) is 25.7 Å². The summed E-state index contributed by atoms with van der Waals surface area (Å²) in [7, 11) is 0. The van der Waals surface area contributed by atoms with Gasteiger partial charge >= 0.3 is 0 Å². The number of likely N-dealkylation sites (tertiary alicyclic amines) is 1. The predicted molar refractivity (Wildman–Crippen MR) is 82.3 cm³/mol. The van der Waals surface area contributed by atoms with Gasteiger partial charge in [0.25, 0.3) is 5.91 Å². The first-order valence-corrected chi connectivity index (χ1v) is 8.34. The molecule has 0 bridgehead atoms. The van der Waals surface area contributed by atoms with Crippen molar-refractivity contribution in [2.75, 3.05) is 26.2 Å². The summed E-state index contributed by atoms with van der Waals surface area (Å²) in [5, 5.41) is 15.4. The molecule has 0 aromatic carbocycles. The second-order valence-electron chi connectivity index (χ2n) is 5.38. The van der Waals surface area contributed by atoms with Crippen LogP contribution in [0.4, 0.5) is 0 Å². The van der Waals surface area contributed by atoms with Gasteiger partial charge in [0.15, 0.2) is 0 Å². The molecule has 1 unspecified atom stereocenters. The Kier molecular flexibility index (Phi) is 6.20. The summed E-state index contributed by atoms with van der Waals surface area (Å²) in [5.41, 5.74) is 0.647. The number of aliphatic hydroxyl groups excluding tert-OH is 1. The number of rotatable bonds is 6. The molecule has 21 heavy (non-hydrogen) atoms. The fraction of sp³-hybridized carbons (Fsp3) is 0.600. The summed E-state index contributed by atoms with van der Waals surface area (Å²) < 4.78 is 0. The maximum atomic E-state index is 12.1. The molecule has 1 atom stereocenters. The molecule has 1 aromatic heterocycles. The zero-order valence-corrected chi connectivity index (χ0v) is 12.9. The highest BCUT2D eigenvalue weighted by atomic mass is 32.1. The lowest BCUT2D eigenvalue weighted by molar-refractivity contribution is -0.133. The molecule has 2 N–H and O–H groups in total. The Hall–Kier alpha value is -1.40. The minimum Gasteiger partial charge on any atom is -0.396 e. The second kappa shape index (κ2) is 8.14. The Morgan fingerprint density at radius 1 is 1.48 bits per heavy atom. The Morgan fingerprint density at radius 2 is 2.33 bits per heavy atom. The maximum Gasteiger partial charge on any atom is 0.252 e. The quantitative estimate of drug-likeness (QED) is 0.836. The van der Waals surface area contributed by atoms with Crippen LogP contribution in [0.3, 0.4) is 0 Å². The Balaban J connectivity index is 1.70. The van der Waals surface area contributed by atoms with E-state index in [2.05, 4.69) is 5.32 Å². The second-order valence-corrected chi connectivity index (χ2v) is 6.16. The van der Waals surface area contributed by atoms with Crippen molar-refractivity contribution in [2.24, 2.45) is 5.92 Å². The summed E-state index contributed by atoms with van der Waals surface area (Å²) in [6, 6.07) is 1.77. The van der Waals surface area contributed by atoms with Crippen LogP contribution in [0, 0.1) is 5.92 Å². The van der Waals surface area contributed by atoms with Crippen molar-refractivity contribution in [3.05, 3.63) is 22.4 Å². The van der Waals surface area contributed by atoms with E-state index in [4.69, 9.17) is 5.11 Å². The lowest BCUT2D eigenvalue weighted by Crippen LogP contribution is -2.41. The third-order valence-corrected chi connectivity index (χ3v) is 4.50. The van der Waals surface area contributed by atoms with Gasteiger partial charge in [0.1, 0.15) is 0 Å². The average molecular weight is 310 g/mol. The highest BCUT2D eigenvalue weighted by Gasteiger charge is 2.22. The number of carbonyl (C=O) groups is 2. The predicted octanol–water partition coefficient (Wildman–Crippen LogP) is 1.49. The molecule has 1 saturated heterocycles. The number of amides is 2. The molecule has 2 heterocycles. The number of hydrogen-bond donors (Lipinski definition) is 2. The third kappa shape index (κ3) is 4.82. The first-order chi connectivity index (χ1) is 10.2. The van der Waals surface area contributed by atoms with Crippen LogP contribution in [0.2, 0.25) is 0 Å². The van der Waals surface area contributed by atoms with Gasteiger partial charge in [-0.3, -0.25) is 9.59 Å². The summed E-state index contributed by atoms with van der Waals surface area (Å²) in [4.78, 5) is 25.7. The topological polar surface area (TPSA) is 69.6 Å². The van der Waals surface area contributed by atoms with Gasteiger partial charge in [-0.1, -0.05) is 0 Å². The van der Waals surface area contributed by atoms with E-state index in [0.717, 1.165) is 32.4 Å². The monoisotopic (exact) mass is 310 g/mol. The first-order valence-electron chi connectivity index (χ1n) is 7.39. The third-order valence-electron chi connectivity index (χ3n) is 3.82. The molecule has 1 aliphatic rings. The smallest absolute Gasteiger partial charge is 0.252 e. The first kappa shape index (κ1) is 16.0. The maximum absolute atomic E-state index is 12.1. The molecule has 1 fully saturated rings. The molecule has 6 heteroatoms. The number of aliphatic hydroxyl groups is 1. The van der Waals surface area contributed by atoms with E-state index in [1.807, 2.05) is 10.3 Å². The van der Waals surface area contributed by atoms with Crippen LogP contribution in [-0.4, -0.2) is 48.1 Å². The number of thiophene rings is 1. The summed E-state index contributed by atoms with van der Waals surface area (Å²) >= 11 is 1.48. The van der Waals surface area contributed by atoms with Crippen LogP contribution in [0.1, 0.15) is 36.0 Å². The van der Waals surface area contributed by atoms with Crippen molar-refractivity contribution < 1.29 is 14.7 Å². The van der Waals surface area contributed by atoms with E-state index in [0.29, 0.717) is 24.4 Å². The van der Waals surface area contributed by atoms with Gasteiger partial charge in [0, 0.05) is 43.6 Å². The number of hydrogen-bond acceptors (Lipinski definition) is 4. The Morgan fingerprint density at radius 3 is 3.05 bits per heavy atom. The molecular formula is C15H22N2O3S. The molecule has 116 valence electrons. The molecular weight excluding hydrogens is 288 g/mol. The molecule has 2 amide bonds. The minimum absolute atomic E-state index is 0.0864. The van der Waals surface area contributed by atoms with Crippen LogP contribution >= 0.6 is 11.3 Å². The average Bonchev–Trinajstić information content (AvgIpc) is 3.02. The van der Waals surface area contributed by atoms with Crippen LogP contribution in [0.15, 0.2) is 16.8 Å². The molecule has 5 nitrogen and oxygen atoms in total. The van der Waals surface area contributed by atoms with Crippen LogP contribution in [0.5, 0.6) is 0 Å². The SMILES string of the molecule is O=C(NCCC(=O)N1CCCC(CCO)C1)c1ccsc1. The molecule has 0 saturated carbocycles. The van der Waals surface area contributed by atoms with Crippen molar-refractivity contribution in [3.63, 3.8) is 0 Å². The van der Waals surface area contributed by atoms with Gasteiger partial charge in [-0.15, -0.1) is 0 Å². The molecule has 2 rings (SSSR count). The van der Waals surface area contributed by atoms with Gasteiger partial charge in [-0.05, 0) is 36.6 Å². The van der Waals surface area contributed by atoms with E-state index >= 15 is 0 Å². The summed E-state index contributed by atoms with van der Waals surface area (Å²) in [5.74, 6) is 0.372. The van der Waals surface area contributed by atoms with Crippen LogP contribution in [0.25, 0.3) is 0 Å². The molecule has 1 aliphatic heterocycles. The molecule has 0 aliphatic carbocycles. The number of nitrogens with zero attached hydrogens (tertiary/aromatic N) is 1. The largest absolute Gasteiger partial charge is 0.396 e. The summed E-state index contributed by atoms with van der Waals surface area (Å²) in [6.45, 7) is 2.08. The zero-order valence-electron chi connectivity index (χ0n) is 12.1. The lowest BCUT2D eigenvalue weighted by Gasteiger charge is -2.32. The number of piperidine rings is 1. The van der Waals surface area contributed by atoms with Crippen LogP contribution in [-0.2, 0) is 4.79 Å². The van der Waals surface area contributed by atoms with Crippen molar-refractivity contribution in [1.82, 2.24) is 10.2 Å². The van der Waals surface area contributed by atoms with Gasteiger partial charge in [-0.2, -0.15) is 11.3 Å². The van der Waals surface area contributed by atoms with Crippen molar-refractivity contribution in [1.29, 1.82) is 0 Å². The van der Waals surface area contributed by atoms with E-state index in [9.17, 15) is 9.59 Å². The molecule has 1 aromatic rings. The van der Waals surface area contributed by atoms with E-state index < -0.39 is 0 Å².